The Kier molecular flexibility index (Phi) is 5.58. The first-order valence-corrected chi connectivity index (χ1v) is 9.25. The van der Waals surface area contributed by atoms with Crippen molar-refractivity contribution in [2.75, 3.05) is 37.3 Å². The standard InChI is InChI=1S/C19H30N6/c1-14(2)16-6-4-15(5-7-16)8-11-24(3)17-9-12-25(13-10-17)19-21-18(20)22-23-19/h4-7,14,17H,8-13H2,1-3H3,(H3,20,21,22,23). The Morgan fingerprint density at radius 1 is 1.24 bits per heavy atom. The molecule has 0 spiro atoms. The van der Waals surface area contributed by atoms with Gasteiger partial charge in [0.05, 0.1) is 0 Å². The smallest absolute Gasteiger partial charge is 0.241 e. The van der Waals surface area contributed by atoms with E-state index in [1.807, 2.05) is 0 Å². The van der Waals surface area contributed by atoms with Gasteiger partial charge in [-0.3, -0.25) is 0 Å². The number of likely N-dealkylation sites (N-methyl/N-ethyl adjacent to an activating group) is 1. The molecule has 25 heavy (non-hydrogen) atoms. The molecular formula is C19H30N6. The van der Waals surface area contributed by atoms with Crippen LogP contribution in [0.1, 0.15) is 43.7 Å². The minimum Gasteiger partial charge on any atom is -0.366 e. The molecule has 6 heteroatoms. The highest BCUT2D eigenvalue weighted by Crippen LogP contribution is 2.20. The summed E-state index contributed by atoms with van der Waals surface area (Å²) in [5, 5.41) is 6.82. The van der Waals surface area contributed by atoms with Crippen LogP contribution in [0.3, 0.4) is 0 Å². The Labute approximate surface area is 150 Å². The highest BCUT2D eigenvalue weighted by molar-refractivity contribution is 5.34. The van der Waals surface area contributed by atoms with Crippen molar-refractivity contribution in [3.8, 4) is 0 Å². The van der Waals surface area contributed by atoms with Gasteiger partial charge in [-0.2, -0.15) is 4.98 Å². The number of nitrogen functional groups attached to an aromatic ring is 1. The fourth-order valence-corrected chi connectivity index (χ4v) is 3.48. The third kappa shape index (κ3) is 4.51. The van der Waals surface area contributed by atoms with Crippen LogP contribution in [0.15, 0.2) is 24.3 Å². The maximum Gasteiger partial charge on any atom is 0.241 e. The van der Waals surface area contributed by atoms with Gasteiger partial charge in [0, 0.05) is 25.7 Å². The van der Waals surface area contributed by atoms with Gasteiger partial charge in [0.25, 0.3) is 0 Å². The number of benzene rings is 1. The molecule has 6 nitrogen and oxygen atoms in total. The number of nitrogens with zero attached hydrogens (tertiary/aromatic N) is 4. The van der Waals surface area contributed by atoms with Crippen molar-refractivity contribution in [1.29, 1.82) is 0 Å². The molecule has 3 rings (SSSR count). The van der Waals surface area contributed by atoms with Crippen LogP contribution in [0.25, 0.3) is 0 Å². The molecule has 1 fully saturated rings. The summed E-state index contributed by atoms with van der Waals surface area (Å²) in [5.74, 6) is 1.71. The van der Waals surface area contributed by atoms with Gasteiger partial charge >= 0.3 is 0 Å². The second-order valence-electron chi connectivity index (χ2n) is 7.36. The zero-order chi connectivity index (χ0) is 17.8. The zero-order valence-electron chi connectivity index (χ0n) is 15.6. The van der Waals surface area contributed by atoms with E-state index >= 15 is 0 Å². The number of anilines is 2. The van der Waals surface area contributed by atoms with Gasteiger partial charge in [0.15, 0.2) is 0 Å². The van der Waals surface area contributed by atoms with Crippen molar-refractivity contribution >= 4 is 11.9 Å². The molecule has 2 heterocycles. The number of rotatable bonds is 6. The lowest BCUT2D eigenvalue weighted by Gasteiger charge is -2.36. The Bertz CT molecular complexity index is 655. The van der Waals surface area contributed by atoms with Crippen molar-refractivity contribution < 1.29 is 0 Å². The van der Waals surface area contributed by atoms with E-state index in [1.54, 1.807) is 0 Å². The first-order chi connectivity index (χ1) is 12.0. The minimum atomic E-state index is 0.317. The van der Waals surface area contributed by atoms with Gasteiger partial charge in [0.2, 0.25) is 11.9 Å². The molecule has 1 aromatic heterocycles. The molecule has 0 amide bonds. The Morgan fingerprint density at radius 2 is 1.92 bits per heavy atom. The molecule has 0 atom stereocenters. The van der Waals surface area contributed by atoms with Crippen LogP contribution >= 0.6 is 0 Å². The number of nitrogens with one attached hydrogen (secondary N) is 1. The summed E-state index contributed by atoms with van der Waals surface area (Å²) in [6.45, 7) is 7.56. The molecule has 136 valence electrons. The largest absolute Gasteiger partial charge is 0.366 e. The number of piperidine rings is 1. The zero-order valence-corrected chi connectivity index (χ0v) is 15.6. The minimum absolute atomic E-state index is 0.317. The summed E-state index contributed by atoms with van der Waals surface area (Å²) in [6.07, 6.45) is 3.39. The van der Waals surface area contributed by atoms with E-state index in [1.165, 1.54) is 11.1 Å². The van der Waals surface area contributed by atoms with Gasteiger partial charge in [-0.1, -0.05) is 38.1 Å². The van der Waals surface area contributed by atoms with E-state index in [0.717, 1.165) is 44.8 Å². The first kappa shape index (κ1) is 17.7. The van der Waals surface area contributed by atoms with Gasteiger partial charge in [-0.15, -0.1) is 5.10 Å². The van der Waals surface area contributed by atoms with Crippen molar-refractivity contribution in [1.82, 2.24) is 20.1 Å². The van der Waals surface area contributed by atoms with Crippen molar-refractivity contribution in [2.45, 2.75) is 45.1 Å². The van der Waals surface area contributed by atoms with E-state index < -0.39 is 0 Å². The summed E-state index contributed by atoms with van der Waals surface area (Å²) < 4.78 is 0. The van der Waals surface area contributed by atoms with E-state index in [4.69, 9.17) is 5.73 Å². The number of hydrogen-bond donors (Lipinski definition) is 2. The number of hydrogen-bond acceptors (Lipinski definition) is 5. The van der Waals surface area contributed by atoms with Crippen LogP contribution in [0.5, 0.6) is 0 Å². The molecule has 1 aliphatic heterocycles. The quantitative estimate of drug-likeness (QED) is 0.844. The van der Waals surface area contributed by atoms with Crippen LogP contribution in [0.4, 0.5) is 11.9 Å². The molecule has 2 aromatic rings. The molecule has 0 saturated carbocycles. The average molecular weight is 342 g/mol. The molecule has 1 saturated heterocycles. The molecule has 3 N–H and O–H groups in total. The number of nitrogens with two attached hydrogens (primary N) is 1. The fraction of sp³-hybridized carbons (Fsp3) is 0.579. The van der Waals surface area contributed by atoms with Gasteiger partial charge < -0.3 is 15.5 Å². The average Bonchev–Trinajstić information content (AvgIpc) is 3.06. The van der Waals surface area contributed by atoms with E-state index in [2.05, 4.69) is 70.1 Å². The Balaban J connectivity index is 1.45. The molecule has 0 aliphatic carbocycles. The second kappa shape index (κ2) is 7.87. The second-order valence-corrected chi connectivity index (χ2v) is 7.36. The third-order valence-electron chi connectivity index (χ3n) is 5.28. The Hall–Kier alpha value is -2.08. The van der Waals surface area contributed by atoms with E-state index in [0.29, 0.717) is 17.9 Å². The van der Waals surface area contributed by atoms with Gasteiger partial charge in [-0.05, 0) is 43.4 Å². The van der Waals surface area contributed by atoms with Crippen LogP contribution in [0, 0.1) is 0 Å². The topological polar surface area (TPSA) is 74.1 Å². The van der Waals surface area contributed by atoms with E-state index in [9.17, 15) is 0 Å². The molecular weight excluding hydrogens is 312 g/mol. The number of H-pyrrole nitrogens is 1. The SMILES string of the molecule is CC(C)c1ccc(CCN(C)C2CCN(c3nc(N)n[nH]3)CC2)cc1. The molecule has 0 radical (unpaired) electrons. The molecule has 0 unspecified atom stereocenters. The van der Waals surface area contributed by atoms with Gasteiger partial charge in [-0.25, -0.2) is 5.10 Å². The maximum absolute atomic E-state index is 5.59. The fourth-order valence-electron chi connectivity index (χ4n) is 3.48. The summed E-state index contributed by atoms with van der Waals surface area (Å²) >= 11 is 0. The maximum atomic E-state index is 5.59. The van der Waals surface area contributed by atoms with E-state index in [-0.39, 0.29) is 0 Å². The lowest BCUT2D eigenvalue weighted by Crippen LogP contribution is -2.44. The van der Waals surface area contributed by atoms with Crippen LogP contribution < -0.4 is 10.6 Å². The normalized spacial score (nSPS) is 16.1. The summed E-state index contributed by atoms with van der Waals surface area (Å²) in [7, 11) is 2.25. The molecule has 1 aromatic carbocycles. The molecule has 0 bridgehead atoms. The predicted octanol–water partition coefficient (Wildman–Crippen LogP) is 2.65. The summed E-state index contributed by atoms with van der Waals surface area (Å²) in [5.41, 5.74) is 8.43. The van der Waals surface area contributed by atoms with Crippen molar-refractivity contribution in [3.63, 3.8) is 0 Å². The number of aromatic nitrogens is 3. The first-order valence-electron chi connectivity index (χ1n) is 9.25. The van der Waals surface area contributed by atoms with Crippen LogP contribution in [-0.4, -0.2) is 52.8 Å². The Morgan fingerprint density at radius 3 is 2.48 bits per heavy atom. The lowest BCUT2D eigenvalue weighted by molar-refractivity contribution is 0.209. The van der Waals surface area contributed by atoms with Crippen molar-refractivity contribution in [3.05, 3.63) is 35.4 Å². The highest BCUT2D eigenvalue weighted by atomic mass is 15.4. The highest BCUT2D eigenvalue weighted by Gasteiger charge is 2.23. The third-order valence-corrected chi connectivity index (χ3v) is 5.28. The van der Waals surface area contributed by atoms with Crippen LogP contribution in [0.2, 0.25) is 0 Å². The number of aromatic amines is 1. The van der Waals surface area contributed by atoms with Gasteiger partial charge in [0.1, 0.15) is 0 Å². The predicted molar refractivity (Wildman–Crippen MR) is 103 cm³/mol. The molecule has 1 aliphatic rings. The summed E-state index contributed by atoms with van der Waals surface area (Å²) in [4.78, 5) is 8.96. The van der Waals surface area contributed by atoms with Crippen molar-refractivity contribution in [2.24, 2.45) is 0 Å². The monoisotopic (exact) mass is 342 g/mol. The summed E-state index contributed by atoms with van der Waals surface area (Å²) in [6, 6.07) is 9.72. The van der Waals surface area contributed by atoms with Crippen LogP contribution in [-0.2, 0) is 6.42 Å². The lowest BCUT2D eigenvalue weighted by atomic mass is 10.00.